The van der Waals surface area contributed by atoms with Crippen molar-refractivity contribution in [1.29, 1.82) is 0 Å². The third kappa shape index (κ3) is 2.01. The summed E-state index contributed by atoms with van der Waals surface area (Å²) in [6.07, 6.45) is 6.41. The normalized spacial score (nSPS) is 17.4. The van der Waals surface area contributed by atoms with E-state index < -0.39 is 0 Å². The molecule has 18 heavy (non-hydrogen) atoms. The Kier molecular flexibility index (Phi) is 3.28. The van der Waals surface area contributed by atoms with Gasteiger partial charge in [-0.2, -0.15) is 0 Å². The molecule has 3 heterocycles. The molecule has 0 atom stereocenters. The van der Waals surface area contributed by atoms with Crippen LogP contribution in [0.15, 0.2) is 18.3 Å². The number of rotatable bonds is 3. The molecule has 1 fully saturated rings. The predicted molar refractivity (Wildman–Crippen MR) is 72.7 cm³/mol. The minimum Gasteiger partial charge on any atom is -0.317 e. The lowest BCUT2D eigenvalue weighted by Crippen LogP contribution is -2.30. The van der Waals surface area contributed by atoms with Crippen LogP contribution in [-0.2, 0) is 6.42 Å². The summed E-state index contributed by atoms with van der Waals surface area (Å²) < 4.78 is 2.39. The summed E-state index contributed by atoms with van der Waals surface area (Å²) in [5.41, 5.74) is 2.10. The Morgan fingerprint density at radius 3 is 3.00 bits per heavy atom. The number of piperidine rings is 1. The number of nitrogens with zero attached hydrogens (tertiary/aromatic N) is 3. The number of aromatic nitrogens is 3. The summed E-state index contributed by atoms with van der Waals surface area (Å²) in [6, 6.07) is 4.60. The number of fused-ring (bicyclic) bond motifs is 1. The van der Waals surface area contributed by atoms with Gasteiger partial charge in [0.2, 0.25) is 0 Å². The van der Waals surface area contributed by atoms with Gasteiger partial charge in [-0.3, -0.25) is 0 Å². The van der Waals surface area contributed by atoms with E-state index in [4.69, 9.17) is 4.98 Å². The Balaban J connectivity index is 2.07. The van der Waals surface area contributed by atoms with Gasteiger partial charge in [0.05, 0.1) is 0 Å². The molecule has 1 N–H and O–H groups in total. The number of imidazole rings is 1. The summed E-state index contributed by atoms with van der Waals surface area (Å²) in [6.45, 7) is 4.41. The molecule has 96 valence electrons. The Morgan fingerprint density at radius 2 is 2.22 bits per heavy atom. The van der Waals surface area contributed by atoms with E-state index in [1.807, 2.05) is 12.3 Å². The standard InChI is InChI=1S/C14H20N4/c1-2-4-13-17-12-5-3-8-16-14(12)18(13)11-6-9-15-10-7-11/h3,5,8,11,15H,2,4,6-7,9-10H2,1H3. The summed E-state index contributed by atoms with van der Waals surface area (Å²) in [5.74, 6) is 1.21. The van der Waals surface area contributed by atoms with Gasteiger partial charge in [-0.1, -0.05) is 6.92 Å². The molecule has 1 aliphatic rings. The molecule has 0 radical (unpaired) electrons. The van der Waals surface area contributed by atoms with Crippen molar-refractivity contribution in [3.63, 3.8) is 0 Å². The Hall–Kier alpha value is -1.42. The third-order valence-electron chi connectivity index (χ3n) is 3.67. The van der Waals surface area contributed by atoms with Gasteiger partial charge in [0, 0.05) is 18.7 Å². The Labute approximate surface area is 107 Å². The minimum atomic E-state index is 0.563. The largest absolute Gasteiger partial charge is 0.317 e. The van der Waals surface area contributed by atoms with Crippen molar-refractivity contribution in [2.75, 3.05) is 13.1 Å². The molecule has 2 aromatic heterocycles. The zero-order valence-electron chi connectivity index (χ0n) is 10.9. The van der Waals surface area contributed by atoms with Gasteiger partial charge in [0.15, 0.2) is 5.65 Å². The van der Waals surface area contributed by atoms with Crippen molar-refractivity contribution >= 4 is 11.2 Å². The van der Waals surface area contributed by atoms with Crippen molar-refractivity contribution in [3.8, 4) is 0 Å². The molecule has 1 aliphatic heterocycles. The molecule has 2 aromatic rings. The van der Waals surface area contributed by atoms with Crippen LogP contribution in [0.5, 0.6) is 0 Å². The second-order valence-electron chi connectivity index (χ2n) is 4.98. The monoisotopic (exact) mass is 244 g/mol. The zero-order valence-corrected chi connectivity index (χ0v) is 10.9. The maximum absolute atomic E-state index is 4.76. The first-order chi connectivity index (χ1) is 8.90. The second kappa shape index (κ2) is 5.06. The SMILES string of the molecule is CCCc1nc2cccnc2n1C1CCNCC1. The molecule has 3 rings (SSSR count). The Bertz CT molecular complexity index is 526. The van der Waals surface area contributed by atoms with Crippen LogP contribution < -0.4 is 5.32 Å². The summed E-state index contributed by atoms with van der Waals surface area (Å²) >= 11 is 0. The van der Waals surface area contributed by atoms with Crippen molar-refractivity contribution < 1.29 is 0 Å². The molecular formula is C14H20N4. The highest BCUT2D eigenvalue weighted by atomic mass is 15.2. The molecule has 4 heteroatoms. The van der Waals surface area contributed by atoms with E-state index >= 15 is 0 Å². The van der Waals surface area contributed by atoms with Crippen molar-refractivity contribution in [1.82, 2.24) is 19.9 Å². The van der Waals surface area contributed by atoms with Crippen LogP contribution in [0.3, 0.4) is 0 Å². The lowest BCUT2D eigenvalue weighted by molar-refractivity contribution is 0.365. The summed E-state index contributed by atoms with van der Waals surface area (Å²) in [5, 5.41) is 3.42. The van der Waals surface area contributed by atoms with Gasteiger partial charge in [0.25, 0.3) is 0 Å². The maximum Gasteiger partial charge on any atom is 0.160 e. The molecule has 1 saturated heterocycles. The van der Waals surface area contributed by atoms with Crippen LogP contribution >= 0.6 is 0 Å². The smallest absolute Gasteiger partial charge is 0.160 e. The molecule has 0 spiro atoms. The molecule has 0 bridgehead atoms. The minimum absolute atomic E-state index is 0.563. The quantitative estimate of drug-likeness (QED) is 0.901. The van der Waals surface area contributed by atoms with E-state index in [2.05, 4.69) is 27.9 Å². The molecular weight excluding hydrogens is 224 g/mol. The third-order valence-corrected chi connectivity index (χ3v) is 3.67. The van der Waals surface area contributed by atoms with Crippen molar-refractivity contribution in [2.24, 2.45) is 0 Å². The van der Waals surface area contributed by atoms with Crippen LogP contribution in [0.4, 0.5) is 0 Å². The summed E-state index contributed by atoms with van der Waals surface area (Å²) in [4.78, 5) is 9.30. The zero-order chi connectivity index (χ0) is 12.4. The maximum atomic E-state index is 4.76. The highest BCUT2D eigenvalue weighted by Gasteiger charge is 2.21. The van der Waals surface area contributed by atoms with Gasteiger partial charge in [0.1, 0.15) is 11.3 Å². The molecule has 0 saturated carbocycles. The van der Waals surface area contributed by atoms with Gasteiger partial charge in [-0.15, -0.1) is 0 Å². The molecule has 0 unspecified atom stereocenters. The summed E-state index contributed by atoms with van der Waals surface area (Å²) in [7, 11) is 0. The topological polar surface area (TPSA) is 42.7 Å². The lowest BCUT2D eigenvalue weighted by Gasteiger charge is -2.25. The van der Waals surface area contributed by atoms with Gasteiger partial charge >= 0.3 is 0 Å². The fourth-order valence-electron chi connectivity index (χ4n) is 2.83. The van der Waals surface area contributed by atoms with Crippen LogP contribution in [0.1, 0.15) is 38.1 Å². The number of hydrogen-bond donors (Lipinski definition) is 1. The molecule has 0 aromatic carbocycles. The van der Waals surface area contributed by atoms with E-state index in [0.29, 0.717) is 6.04 Å². The van der Waals surface area contributed by atoms with E-state index in [1.54, 1.807) is 0 Å². The first-order valence-corrected chi connectivity index (χ1v) is 6.92. The fraction of sp³-hybridized carbons (Fsp3) is 0.571. The Morgan fingerprint density at radius 1 is 1.39 bits per heavy atom. The van der Waals surface area contributed by atoms with Crippen LogP contribution in [0.2, 0.25) is 0 Å². The van der Waals surface area contributed by atoms with Crippen molar-refractivity contribution in [2.45, 2.75) is 38.6 Å². The van der Waals surface area contributed by atoms with Crippen LogP contribution in [0, 0.1) is 0 Å². The van der Waals surface area contributed by atoms with E-state index in [-0.39, 0.29) is 0 Å². The number of aryl methyl sites for hydroxylation is 1. The van der Waals surface area contributed by atoms with E-state index in [9.17, 15) is 0 Å². The number of pyridine rings is 1. The van der Waals surface area contributed by atoms with Gasteiger partial charge < -0.3 is 9.88 Å². The van der Waals surface area contributed by atoms with Gasteiger partial charge in [-0.05, 0) is 44.5 Å². The number of hydrogen-bond acceptors (Lipinski definition) is 3. The van der Waals surface area contributed by atoms with E-state index in [0.717, 1.165) is 37.1 Å². The van der Waals surface area contributed by atoms with Crippen LogP contribution in [-0.4, -0.2) is 27.6 Å². The highest BCUT2D eigenvalue weighted by Crippen LogP contribution is 2.26. The predicted octanol–water partition coefficient (Wildman–Crippen LogP) is 2.31. The molecule has 0 aliphatic carbocycles. The molecule has 0 amide bonds. The van der Waals surface area contributed by atoms with Gasteiger partial charge in [-0.25, -0.2) is 9.97 Å². The second-order valence-corrected chi connectivity index (χ2v) is 4.98. The average Bonchev–Trinajstić information content (AvgIpc) is 2.78. The van der Waals surface area contributed by atoms with Crippen LogP contribution in [0.25, 0.3) is 11.2 Å². The highest BCUT2D eigenvalue weighted by molar-refractivity contribution is 5.71. The number of nitrogens with one attached hydrogen (secondary N) is 1. The lowest BCUT2D eigenvalue weighted by atomic mass is 10.1. The molecule has 4 nitrogen and oxygen atoms in total. The first-order valence-electron chi connectivity index (χ1n) is 6.92. The van der Waals surface area contributed by atoms with E-state index in [1.165, 1.54) is 18.7 Å². The average molecular weight is 244 g/mol. The first kappa shape index (κ1) is 11.7. The fourth-order valence-corrected chi connectivity index (χ4v) is 2.83. The van der Waals surface area contributed by atoms with Crippen molar-refractivity contribution in [3.05, 3.63) is 24.2 Å².